The van der Waals surface area contributed by atoms with Gasteiger partial charge in [-0.15, -0.1) is 0 Å². The zero-order valence-corrected chi connectivity index (χ0v) is 27.1. The summed E-state index contributed by atoms with van der Waals surface area (Å²) in [6.45, 7) is 4.10. The Balaban J connectivity index is 3.67. The molecule has 1 unspecified atom stereocenters. The molecule has 42 heavy (non-hydrogen) atoms. The summed E-state index contributed by atoms with van der Waals surface area (Å²) in [5.41, 5.74) is 0. The van der Waals surface area contributed by atoms with E-state index in [0.29, 0.717) is 19.3 Å². The summed E-state index contributed by atoms with van der Waals surface area (Å²) in [5, 5.41) is 20.0. The van der Waals surface area contributed by atoms with E-state index < -0.39 is 18.2 Å². The van der Waals surface area contributed by atoms with Crippen molar-refractivity contribution in [3.8, 4) is 0 Å². The van der Waals surface area contributed by atoms with Gasteiger partial charge in [0.05, 0.1) is 6.10 Å². The maximum atomic E-state index is 11.9. The topological polar surface area (TPSA) is 93.1 Å². The predicted molar refractivity (Wildman–Crippen MR) is 174 cm³/mol. The first-order chi connectivity index (χ1) is 20.5. The lowest BCUT2D eigenvalue weighted by Crippen LogP contribution is -2.25. The van der Waals surface area contributed by atoms with Crippen molar-refractivity contribution in [1.29, 1.82) is 0 Å². The Morgan fingerprint density at radius 1 is 0.595 bits per heavy atom. The number of rotatable bonds is 30. The van der Waals surface area contributed by atoms with Crippen LogP contribution in [0.15, 0.2) is 36.5 Å². The molecule has 0 aromatic heterocycles. The zero-order valence-electron chi connectivity index (χ0n) is 27.1. The number of esters is 2. The highest BCUT2D eigenvalue weighted by molar-refractivity contribution is 5.69. The average Bonchev–Trinajstić information content (AvgIpc) is 2.98. The van der Waals surface area contributed by atoms with Gasteiger partial charge in [0, 0.05) is 12.8 Å². The van der Waals surface area contributed by atoms with Crippen molar-refractivity contribution >= 4 is 11.9 Å². The van der Waals surface area contributed by atoms with Gasteiger partial charge in [-0.2, -0.15) is 0 Å². The number of ether oxygens (including phenoxy) is 2. The molecule has 0 saturated heterocycles. The molecule has 0 fully saturated rings. The normalized spacial score (nSPS) is 13.3. The Kier molecular flexibility index (Phi) is 30.5. The quantitative estimate of drug-likeness (QED) is 0.0374. The van der Waals surface area contributed by atoms with Crippen LogP contribution in [0.1, 0.15) is 155 Å². The third-order valence-corrected chi connectivity index (χ3v) is 7.23. The van der Waals surface area contributed by atoms with E-state index in [1.165, 1.54) is 83.5 Å². The largest absolute Gasteiger partial charge is 0.463 e. The van der Waals surface area contributed by atoms with Gasteiger partial charge in [0.1, 0.15) is 19.3 Å². The summed E-state index contributed by atoms with van der Waals surface area (Å²) in [7, 11) is 0. The molecule has 0 heterocycles. The van der Waals surface area contributed by atoms with Crippen LogP contribution < -0.4 is 0 Å². The van der Waals surface area contributed by atoms with Crippen molar-refractivity contribution in [2.24, 2.45) is 0 Å². The van der Waals surface area contributed by atoms with Crippen molar-refractivity contribution in [2.75, 3.05) is 13.2 Å². The van der Waals surface area contributed by atoms with Crippen molar-refractivity contribution in [3.63, 3.8) is 0 Å². The standard InChI is InChI=1S/C36H64O6/c1-3-5-7-9-11-13-15-16-17-18-20-22-24-27-33(37)28-26-30-36(40)42-32-34(38)31-41-35(39)29-25-23-21-19-14-12-10-8-6-4-2/h16-17,20,22,24,27,33-34,37-38H,3-15,18-19,21,23,25-26,28-32H2,1-2H3/b17-16+,22-20+,27-24+/t33?,34-/m1/s1. The van der Waals surface area contributed by atoms with E-state index in [0.717, 1.165) is 32.1 Å². The molecule has 2 atom stereocenters. The molecule has 0 spiro atoms. The van der Waals surface area contributed by atoms with Crippen molar-refractivity contribution in [3.05, 3.63) is 36.5 Å². The van der Waals surface area contributed by atoms with Gasteiger partial charge in [0.15, 0.2) is 0 Å². The fraction of sp³-hybridized carbons (Fsp3) is 0.778. The van der Waals surface area contributed by atoms with Crippen LogP contribution in [0.3, 0.4) is 0 Å². The van der Waals surface area contributed by atoms with Gasteiger partial charge >= 0.3 is 11.9 Å². The zero-order chi connectivity index (χ0) is 30.9. The van der Waals surface area contributed by atoms with Crippen LogP contribution in [0.5, 0.6) is 0 Å². The highest BCUT2D eigenvalue weighted by Crippen LogP contribution is 2.12. The van der Waals surface area contributed by atoms with Crippen LogP contribution in [0.25, 0.3) is 0 Å². The van der Waals surface area contributed by atoms with Crippen molar-refractivity contribution in [2.45, 2.75) is 167 Å². The van der Waals surface area contributed by atoms with Crippen LogP contribution >= 0.6 is 0 Å². The molecule has 6 heteroatoms. The predicted octanol–water partition coefficient (Wildman–Crippen LogP) is 9.09. The van der Waals surface area contributed by atoms with Crippen LogP contribution in [-0.4, -0.2) is 47.6 Å². The monoisotopic (exact) mass is 592 g/mol. The van der Waals surface area contributed by atoms with E-state index >= 15 is 0 Å². The lowest BCUT2D eigenvalue weighted by atomic mass is 10.1. The summed E-state index contributed by atoms with van der Waals surface area (Å²) in [6, 6.07) is 0. The molecule has 0 aliphatic carbocycles. The number of hydrogen-bond donors (Lipinski definition) is 2. The van der Waals surface area contributed by atoms with Crippen LogP contribution in [0.4, 0.5) is 0 Å². The third kappa shape index (κ3) is 31.0. The molecule has 2 N–H and O–H groups in total. The van der Waals surface area contributed by atoms with Gasteiger partial charge in [-0.25, -0.2) is 0 Å². The molecule has 0 aliphatic rings. The van der Waals surface area contributed by atoms with Crippen LogP contribution in [-0.2, 0) is 19.1 Å². The summed E-state index contributed by atoms with van der Waals surface area (Å²) in [5.74, 6) is -0.758. The molecule has 0 saturated carbocycles. The van der Waals surface area contributed by atoms with E-state index in [9.17, 15) is 19.8 Å². The van der Waals surface area contributed by atoms with Gasteiger partial charge in [0.2, 0.25) is 0 Å². The summed E-state index contributed by atoms with van der Waals surface area (Å²) < 4.78 is 10.2. The highest BCUT2D eigenvalue weighted by atomic mass is 16.6. The Morgan fingerprint density at radius 2 is 1.10 bits per heavy atom. The number of allylic oxidation sites excluding steroid dienone is 5. The number of hydrogen-bond acceptors (Lipinski definition) is 6. The highest BCUT2D eigenvalue weighted by Gasteiger charge is 2.12. The van der Waals surface area contributed by atoms with Crippen molar-refractivity contribution in [1.82, 2.24) is 0 Å². The fourth-order valence-corrected chi connectivity index (χ4v) is 4.56. The number of aliphatic hydroxyl groups is 2. The lowest BCUT2D eigenvalue weighted by Gasteiger charge is -2.12. The van der Waals surface area contributed by atoms with Crippen LogP contribution in [0, 0.1) is 0 Å². The van der Waals surface area contributed by atoms with E-state index in [1.807, 2.05) is 12.2 Å². The molecule has 6 nitrogen and oxygen atoms in total. The second kappa shape index (κ2) is 32.0. The first-order valence-corrected chi connectivity index (χ1v) is 17.1. The number of aliphatic hydroxyl groups excluding tert-OH is 2. The molecule has 0 rings (SSSR count). The second-order valence-corrected chi connectivity index (χ2v) is 11.5. The summed E-state index contributed by atoms with van der Waals surface area (Å²) in [6.07, 6.45) is 33.7. The molecular formula is C36H64O6. The van der Waals surface area contributed by atoms with Gasteiger partial charge in [-0.1, -0.05) is 140 Å². The fourth-order valence-electron chi connectivity index (χ4n) is 4.56. The van der Waals surface area contributed by atoms with E-state index in [4.69, 9.17) is 9.47 Å². The number of unbranched alkanes of at least 4 members (excludes halogenated alkanes) is 15. The average molecular weight is 593 g/mol. The minimum absolute atomic E-state index is 0.162. The summed E-state index contributed by atoms with van der Waals surface area (Å²) >= 11 is 0. The SMILES string of the molecule is CCCCCCCC/C=C/C/C=C/C=C/C(O)CCCC(=O)OC[C@H](O)COC(=O)CCCCCCCCCCCC. The maximum Gasteiger partial charge on any atom is 0.305 e. The van der Waals surface area contributed by atoms with Crippen molar-refractivity contribution < 1.29 is 29.3 Å². The van der Waals surface area contributed by atoms with E-state index in [1.54, 1.807) is 6.08 Å². The second-order valence-electron chi connectivity index (χ2n) is 11.5. The molecular weight excluding hydrogens is 528 g/mol. The Morgan fingerprint density at radius 3 is 1.67 bits per heavy atom. The molecule has 0 amide bonds. The molecule has 0 radical (unpaired) electrons. The summed E-state index contributed by atoms with van der Waals surface area (Å²) in [4.78, 5) is 23.8. The first kappa shape index (κ1) is 40.1. The smallest absolute Gasteiger partial charge is 0.305 e. The Bertz CT molecular complexity index is 699. The van der Waals surface area contributed by atoms with Gasteiger partial charge in [-0.05, 0) is 38.5 Å². The van der Waals surface area contributed by atoms with Gasteiger partial charge in [0.25, 0.3) is 0 Å². The molecule has 0 bridgehead atoms. The Hall–Kier alpha value is -1.92. The van der Waals surface area contributed by atoms with E-state index in [-0.39, 0.29) is 25.6 Å². The molecule has 0 aromatic rings. The molecule has 0 aliphatic heterocycles. The van der Waals surface area contributed by atoms with E-state index in [2.05, 4.69) is 32.1 Å². The maximum absolute atomic E-state index is 11.9. The minimum Gasteiger partial charge on any atom is -0.463 e. The van der Waals surface area contributed by atoms with Gasteiger partial charge < -0.3 is 19.7 Å². The van der Waals surface area contributed by atoms with Gasteiger partial charge in [-0.3, -0.25) is 9.59 Å². The molecule has 0 aromatic carbocycles. The lowest BCUT2D eigenvalue weighted by molar-refractivity contribution is -0.152. The third-order valence-electron chi connectivity index (χ3n) is 7.23. The number of carbonyl (C=O) groups excluding carboxylic acids is 2. The molecule has 244 valence electrons. The Labute approximate surface area is 258 Å². The van der Waals surface area contributed by atoms with Crippen LogP contribution in [0.2, 0.25) is 0 Å². The minimum atomic E-state index is -1.03. The number of carbonyl (C=O) groups is 2. The first-order valence-electron chi connectivity index (χ1n) is 17.1.